The second kappa shape index (κ2) is 6.34. The fourth-order valence-corrected chi connectivity index (χ4v) is 2.09. The van der Waals surface area contributed by atoms with E-state index in [1.165, 1.54) is 10.9 Å². The van der Waals surface area contributed by atoms with E-state index in [1.54, 1.807) is 6.08 Å². The van der Waals surface area contributed by atoms with Crippen LogP contribution < -0.4 is 16.2 Å². The van der Waals surface area contributed by atoms with E-state index in [0.29, 0.717) is 11.7 Å². The molecule has 0 radical (unpaired) electrons. The third kappa shape index (κ3) is 3.24. The number of hydrazine groups is 1. The van der Waals surface area contributed by atoms with Crippen molar-refractivity contribution in [3.8, 4) is 0 Å². The Bertz CT molecular complexity index is 652. The molecule has 0 saturated heterocycles. The summed E-state index contributed by atoms with van der Waals surface area (Å²) in [4.78, 5) is 4.61. The smallest absolute Gasteiger partial charge is 0.185 e. The SMILES string of the molecule is C=CCNC(=S)NNc1cc(C)c2cccc(C)c2n1. The van der Waals surface area contributed by atoms with E-state index < -0.39 is 0 Å². The maximum Gasteiger partial charge on any atom is 0.185 e. The third-order valence-electron chi connectivity index (χ3n) is 2.96. The lowest BCUT2D eigenvalue weighted by Gasteiger charge is -2.13. The molecule has 0 atom stereocenters. The number of aromatic nitrogens is 1. The quantitative estimate of drug-likeness (QED) is 0.458. The van der Waals surface area contributed by atoms with Crippen LogP contribution in [0.2, 0.25) is 0 Å². The largest absolute Gasteiger partial charge is 0.358 e. The fraction of sp³-hybridized carbons (Fsp3) is 0.200. The van der Waals surface area contributed by atoms with Gasteiger partial charge in [0, 0.05) is 11.9 Å². The molecule has 1 aromatic heterocycles. The number of nitrogens with one attached hydrogen (secondary N) is 3. The van der Waals surface area contributed by atoms with Crippen molar-refractivity contribution in [2.75, 3.05) is 12.0 Å². The summed E-state index contributed by atoms with van der Waals surface area (Å²) in [5, 5.41) is 4.66. The van der Waals surface area contributed by atoms with Crippen molar-refractivity contribution in [1.82, 2.24) is 15.7 Å². The van der Waals surface area contributed by atoms with Gasteiger partial charge in [-0.3, -0.25) is 10.9 Å². The van der Waals surface area contributed by atoms with E-state index >= 15 is 0 Å². The van der Waals surface area contributed by atoms with E-state index in [4.69, 9.17) is 12.2 Å². The number of anilines is 1. The summed E-state index contributed by atoms with van der Waals surface area (Å²) in [5.41, 5.74) is 9.25. The Hall–Kier alpha value is -2.14. The minimum atomic E-state index is 0.509. The molecule has 0 unspecified atom stereocenters. The molecular formula is C15H18N4S. The molecule has 0 fully saturated rings. The number of pyridine rings is 1. The van der Waals surface area contributed by atoms with Gasteiger partial charge in [0.25, 0.3) is 0 Å². The summed E-state index contributed by atoms with van der Waals surface area (Å²) < 4.78 is 0. The molecule has 0 aliphatic heterocycles. The molecule has 5 heteroatoms. The summed E-state index contributed by atoms with van der Waals surface area (Å²) in [5.74, 6) is 0.743. The lowest BCUT2D eigenvalue weighted by atomic mass is 10.1. The van der Waals surface area contributed by atoms with Crippen molar-refractivity contribution in [2.45, 2.75) is 13.8 Å². The van der Waals surface area contributed by atoms with Crippen molar-refractivity contribution < 1.29 is 0 Å². The highest BCUT2D eigenvalue weighted by Gasteiger charge is 2.04. The molecule has 0 aliphatic carbocycles. The first-order valence-corrected chi connectivity index (χ1v) is 6.80. The number of hydrogen-bond donors (Lipinski definition) is 3. The molecule has 0 aliphatic rings. The van der Waals surface area contributed by atoms with Gasteiger partial charge in [-0.2, -0.15) is 0 Å². The average molecular weight is 286 g/mol. The molecule has 0 bridgehead atoms. The van der Waals surface area contributed by atoms with Crippen LogP contribution in [-0.2, 0) is 0 Å². The lowest BCUT2D eigenvalue weighted by molar-refractivity contribution is 0.972. The zero-order valence-electron chi connectivity index (χ0n) is 11.7. The number of rotatable bonds is 4. The molecular weight excluding hydrogens is 268 g/mol. The molecule has 0 amide bonds. The topological polar surface area (TPSA) is 49.0 Å². The van der Waals surface area contributed by atoms with Gasteiger partial charge in [0.15, 0.2) is 5.11 Å². The van der Waals surface area contributed by atoms with Crippen LogP contribution in [0.1, 0.15) is 11.1 Å². The van der Waals surface area contributed by atoms with Crippen LogP contribution in [0.5, 0.6) is 0 Å². The summed E-state index contributed by atoms with van der Waals surface area (Å²) in [6.07, 6.45) is 1.75. The number of fused-ring (bicyclic) bond motifs is 1. The summed E-state index contributed by atoms with van der Waals surface area (Å²) >= 11 is 5.11. The van der Waals surface area contributed by atoms with Crippen molar-refractivity contribution in [2.24, 2.45) is 0 Å². The first-order valence-electron chi connectivity index (χ1n) is 6.39. The van der Waals surface area contributed by atoms with Gasteiger partial charge in [-0.1, -0.05) is 24.3 Å². The van der Waals surface area contributed by atoms with Gasteiger partial charge in [0.2, 0.25) is 0 Å². The Morgan fingerprint density at radius 2 is 2.15 bits per heavy atom. The first kappa shape index (κ1) is 14.3. The maximum atomic E-state index is 5.11. The maximum absolute atomic E-state index is 5.11. The number of aryl methyl sites for hydroxylation is 2. The third-order valence-corrected chi connectivity index (χ3v) is 3.21. The Balaban J connectivity index is 2.17. The minimum absolute atomic E-state index is 0.509. The van der Waals surface area contributed by atoms with Gasteiger partial charge >= 0.3 is 0 Å². The standard InChI is InChI=1S/C15H18N4S/c1-4-8-16-15(20)19-18-13-9-11(3)12-7-5-6-10(2)14(12)17-13/h4-7,9H,1,8H2,2-3H3,(H,17,18)(H2,16,19,20). The first-order chi connectivity index (χ1) is 9.61. The van der Waals surface area contributed by atoms with Crippen LogP contribution in [0.4, 0.5) is 5.82 Å². The molecule has 3 N–H and O–H groups in total. The number of thiocarbonyl (C=S) groups is 1. The minimum Gasteiger partial charge on any atom is -0.358 e. The predicted molar refractivity (Wildman–Crippen MR) is 88.8 cm³/mol. The number of hydrogen-bond acceptors (Lipinski definition) is 3. The summed E-state index contributed by atoms with van der Waals surface area (Å²) in [6, 6.07) is 8.18. The van der Waals surface area contributed by atoms with Crippen molar-refractivity contribution in [3.05, 3.63) is 48.0 Å². The Labute approximate surface area is 124 Å². The summed E-state index contributed by atoms with van der Waals surface area (Å²) in [7, 11) is 0. The number of benzene rings is 1. The Kier molecular flexibility index (Phi) is 4.53. The molecule has 2 aromatic rings. The predicted octanol–water partition coefficient (Wildman–Crippen LogP) is 2.83. The zero-order valence-corrected chi connectivity index (χ0v) is 12.5. The highest BCUT2D eigenvalue weighted by atomic mass is 32.1. The monoisotopic (exact) mass is 286 g/mol. The Morgan fingerprint density at radius 3 is 2.90 bits per heavy atom. The number of para-hydroxylation sites is 1. The van der Waals surface area contributed by atoms with E-state index in [1.807, 2.05) is 12.1 Å². The van der Waals surface area contributed by atoms with Crippen molar-refractivity contribution >= 4 is 34.1 Å². The highest BCUT2D eigenvalue weighted by Crippen LogP contribution is 2.22. The molecule has 2 rings (SSSR count). The van der Waals surface area contributed by atoms with Gasteiger partial charge in [-0.15, -0.1) is 6.58 Å². The van der Waals surface area contributed by atoms with Gasteiger partial charge in [-0.05, 0) is 43.3 Å². The van der Waals surface area contributed by atoms with Crippen LogP contribution in [0.3, 0.4) is 0 Å². The molecule has 20 heavy (non-hydrogen) atoms. The van der Waals surface area contributed by atoms with Crippen LogP contribution in [0.15, 0.2) is 36.9 Å². The van der Waals surface area contributed by atoms with E-state index in [9.17, 15) is 0 Å². The molecule has 0 saturated carbocycles. The number of nitrogens with zero attached hydrogens (tertiary/aromatic N) is 1. The molecule has 1 heterocycles. The van der Waals surface area contributed by atoms with E-state index in [2.05, 4.69) is 53.7 Å². The zero-order chi connectivity index (χ0) is 14.5. The highest BCUT2D eigenvalue weighted by molar-refractivity contribution is 7.80. The van der Waals surface area contributed by atoms with Crippen LogP contribution in [0, 0.1) is 13.8 Å². The van der Waals surface area contributed by atoms with Crippen LogP contribution in [0.25, 0.3) is 10.9 Å². The van der Waals surface area contributed by atoms with E-state index in [-0.39, 0.29) is 0 Å². The molecule has 4 nitrogen and oxygen atoms in total. The molecule has 1 aromatic carbocycles. The van der Waals surface area contributed by atoms with Gasteiger partial charge in [0.05, 0.1) is 5.52 Å². The lowest BCUT2D eigenvalue weighted by Crippen LogP contribution is -2.39. The van der Waals surface area contributed by atoms with Gasteiger partial charge in [-0.25, -0.2) is 4.98 Å². The summed E-state index contributed by atoms with van der Waals surface area (Å²) in [6.45, 7) is 8.38. The van der Waals surface area contributed by atoms with Crippen LogP contribution in [-0.4, -0.2) is 16.6 Å². The van der Waals surface area contributed by atoms with E-state index in [0.717, 1.165) is 16.9 Å². The Morgan fingerprint density at radius 1 is 1.35 bits per heavy atom. The second-order valence-electron chi connectivity index (χ2n) is 4.54. The van der Waals surface area contributed by atoms with Crippen molar-refractivity contribution in [3.63, 3.8) is 0 Å². The fourth-order valence-electron chi connectivity index (χ4n) is 1.96. The average Bonchev–Trinajstić information content (AvgIpc) is 2.44. The van der Waals surface area contributed by atoms with Crippen LogP contribution >= 0.6 is 12.2 Å². The normalized spacial score (nSPS) is 10.1. The second-order valence-corrected chi connectivity index (χ2v) is 4.95. The molecule has 0 spiro atoms. The van der Waals surface area contributed by atoms with Crippen molar-refractivity contribution in [1.29, 1.82) is 0 Å². The molecule has 104 valence electrons. The van der Waals surface area contributed by atoms with Gasteiger partial charge < -0.3 is 5.32 Å². The van der Waals surface area contributed by atoms with Gasteiger partial charge in [0.1, 0.15) is 5.82 Å².